The minimum absolute atomic E-state index is 0.328. The number of allylic oxidation sites excluding steroid dienone is 2. The first-order valence-corrected chi connectivity index (χ1v) is 4.88. The van der Waals surface area contributed by atoms with Gasteiger partial charge in [-0.2, -0.15) is 0 Å². The molecule has 1 rings (SSSR count). The van der Waals surface area contributed by atoms with Gasteiger partial charge in [0.1, 0.15) is 0 Å². The Morgan fingerprint density at radius 3 is 1.75 bits per heavy atom. The highest BCUT2D eigenvalue weighted by atomic mass is 14.5. The van der Waals surface area contributed by atoms with Gasteiger partial charge in [-0.05, 0) is 22.7 Å². The summed E-state index contributed by atoms with van der Waals surface area (Å²) in [5.41, 5.74) is 1.13. The molecule has 0 amide bonds. The van der Waals surface area contributed by atoms with Crippen molar-refractivity contribution in [2.45, 2.75) is 48.0 Å². The van der Waals surface area contributed by atoms with Crippen LogP contribution in [-0.4, -0.2) is 0 Å². The maximum absolute atomic E-state index is 2.39. The van der Waals surface area contributed by atoms with Crippen LogP contribution in [0.5, 0.6) is 0 Å². The molecule has 0 nitrogen and oxygen atoms in total. The van der Waals surface area contributed by atoms with Gasteiger partial charge in [0.15, 0.2) is 0 Å². The highest BCUT2D eigenvalue weighted by Crippen LogP contribution is 2.56. The molecule has 0 aromatic heterocycles. The largest absolute Gasteiger partial charge is 0.0874 e. The van der Waals surface area contributed by atoms with Gasteiger partial charge < -0.3 is 0 Å². The van der Waals surface area contributed by atoms with E-state index < -0.39 is 0 Å². The molecule has 0 spiro atoms. The quantitative estimate of drug-likeness (QED) is 0.477. The lowest BCUT2D eigenvalue weighted by Gasteiger charge is -2.53. The summed E-state index contributed by atoms with van der Waals surface area (Å²) >= 11 is 0. The van der Waals surface area contributed by atoms with Crippen LogP contribution in [0, 0.1) is 16.2 Å². The minimum Gasteiger partial charge on any atom is -0.0874 e. The van der Waals surface area contributed by atoms with Gasteiger partial charge in [0.25, 0.3) is 0 Å². The molecule has 0 radical (unpaired) electrons. The van der Waals surface area contributed by atoms with Crippen molar-refractivity contribution < 1.29 is 0 Å². The summed E-state index contributed by atoms with van der Waals surface area (Å²) < 4.78 is 0. The van der Waals surface area contributed by atoms with E-state index in [2.05, 4.69) is 53.7 Å². The number of rotatable bonds is 0. The van der Waals surface area contributed by atoms with Gasteiger partial charge in [-0.25, -0.2) is 0 Å². The average molecular weight is 166 g/mol. The third-order valence-corrected chi connectivity index (χ3v) is 4.47. The van der Waals surface area contributed by atoms with Crippen LogP contribution in [0.15, 0.2) is 12.2 Å². The molecule has 0 N–H and O–H groups in total. The Hall–Kier alpha value is -0.260. The number of hydrogen-bond donors (Lipinski definition) is 0. The fourth-order valence-electron chi connectivity index (χ4n) is 1.98. The maximum atomic E-state index is 2.39. The second-order valence-corrected chi connectivity index (χ2v) is 5.84. The topological polar surface area (TPSA) is 0 Å². The van der Waals surface area contributed by atoms with Crippen LogP contribution in [0.3, 0.4) is 0 Å². The fraction of sp³-hybridized carbons (Fsp3) is 0.833. The SMILES string of the molecule is CC1(C)C=CCC(C)(C)C1(C)C. The Kier molecular flexibility index (Phi) is 1.94. The molecular formula is C12H22. The van der Waals surface area contributed by atoms with Gasteiger partial charge in [-0.15, -0.1) is 0 Å². The molecule has 0 fully saturated rings. The summed E-state index contributed by atoms with van der Waals surface area (Å²) in [6.07, 6.45) is 5.92. The molecule has 0 heterocycles. The Morgan fingerprint density at radius 2 is 1.42 bits per heavy atom. The normalized spacial score (nSPS) is 30.2. The Bertz CT molecular complexity index is 204. The second kappa shape index (κ2) is 2.37. The van der Waals surface area contributed by atoms with Crippen LogP contribution < -0.4 is 0 Å². The lowest BCUT2D eigenvalue weighted by atomic mass is 9.51. The molecule has 0 atom stereocenters. The zero-order valence-electron chi connectivity index (χ0n) is 9.36. The first-order valence-electron chi connectivity index (χ1n) is 4.88. The molecule has 0 unspecified atom stereocenters. The first-order chi connectivity index (χ1) is 5.21. The highest BCUT2D eigenvalue weighted by Gasteiger charge is 2.47. The second-order valence-electron chi connectivity index (χ2n) is 5.84. The predicted octanol–water partition coefficient (Wildman–Crippen LogP) is 4.02. The van der Waals surface area contributed by atoms with Crippen molar-refractivity contribution >= 4 is 0 Å². The van der Waals surface area contributed by atoms with E-state index in [9.17, 15) is 0 Å². The third kappa shape index (κ3) is 1.12. The summed E-state index contributed by atoms with van der Waals surface area (Å²) in [6, 6.07) is 0. The van der Waals surface area contributed by atoms with Gasteiger partial charge in [-0.3, -0.25) is 0 Å². The van der Waals surface area contributed by atoms with Crippen molar-refractivity contribution in [1.29, 1.82) is 0 Å². The first kappa shape index (κ1) is 9.83. The molecule has 0 heteroatoms. The highest BCUT2D eigenvalue weighted by molar-refractivity contribution is 5.13. The summed E-state index contributed by atoms with van der Waals surface area (Å²) in [5, 5.41) is 0. The Labute approximate surface area is 77.1 Å². The zero-order chi connectivity index (χ0) is 9.62. The minimum atomic E-state index is 0.328. The van der Waals surface area contributed by atoms with E-state index in [1.54, 1.807) is 0 Å². The standard InChI is InChI=1S/C12H22/c1-10(2)8-7-9-11(3,4)12(10,5)6/h7-8H,9H2,1-6H3. The molecular weight excluding hydrogens is 144 g/mol. The monoisotopic (exact) mass is 166 g/mol. The maximum Gasteiger partial charge on any atom is -0.0118 e. The van der Waals surface area contributed by atoms with E-state index in [1.807, 2.05) is 0 Å². The van der Waals surface area contributed by atoms with Crippen molar-refractivity contribution in [3.05, 3.63) is 12.2 Å². The van der Waals surface area contributed by atoms with Crippen molar-refractivity contribution in [2.75, 3.05) is 0 Å². The summed E-state index contributed by atoms with van der Waals surface area (Å²) in [5.74, 6) is 0. The van der Waals surface area contributed by atoms with Crippen LogP contribution in [0.4, 0.5) is 0 Å². The molecule has 0 aliphatic heterocycles. The third-order valence-electron chi connectivity index (χ3n) is 4.47. The van der Waals surface area contributed by atoms with E-state index in [0.717, 1.165) is 0 Å². The number of hydrogen-bond acceptors (Lipinski definition) is 0. The molecule has 0 aromatic carbocycles. The molecule has 1 aliphatic rings. The van der Waals surface area contributed by atoms with Crippen LogP contribution in [0.25, 0.3) is 0 Å². The zero-order valence-corrected chi connectivity index (χ0v) is 9.36. The lowest BCUT2D eigenvalue weighted by Crippen LogP contribution is -2.45. The summed E-state index contributed by atoms with van der Waals surface area (Å²) in [4.78, 5) is 0. The smallest absolute Gasteiger partial charge is 0.0118 e. The van der Waals surface area contributed by atoms with Gasteiger partial charge in [-0.1, -0.05) is 53.7 Å². The fourth-order valence-corrected chi connectivity index (χ4v) is 1.98. The van der Waals surface area contributed by atoms with Crippen molar-refractivity contribution in [3.63, 3.8) is 0 Å². The van der Waals surface area contributed by atoms with Crippen LogP contribution >= 0.6 is 0 Å². The van der Waals surface area contributed by atoms with E-state index in [4.69, 9.17) is 0 Å². The van der Waals surface area contributed by atoms with Gasteiger partial charge >= 0.3 is 0 Å². The van der Waals surface area contributed by atoms with Crippen molar-refractivity contribution in [3.8, 4) is 0 Å². The van der Waals surface area contributed by atoms with Crippen LogP contribution in [-0.2, 0) is 0 Å². The van der Waals surface area contributed by atoms with E-state index in [1.165, 1.54) is 6.42 Å². The summed E-state index contributed by atoms with van der Waals surface area (Å²) in [6.45, 7) is 14.2. The predicted molar refractivity (Wildman–Crippen MR) is 55.1 cm³/mol. The van der Waals surface area contributed by atoms with Crippen molar-refractivity contribution in [1.82, 2.24) is 0 Å². The van der Waals surface area contributed by atoms with E-state index >= 15 is 0 Å². The van der Waals surface area contributed by atoms with Gasteiger partial charge in [0, 0.05) is 0 Å². The van der Waals surface area contributed by atoms with Gasteiger partial charge in [0.05, 0.1) is 0 Å². The molecule has 1 aliphatic carbocycles. The Balaban J connectivity index is 3.13. The van der Waals surface area contributed by atoms with E-state index in [-0.39, 0.29) is 0 Å². The Morgan fingerprint density at radius 1 is 0.917 bits per heavy atom. The van der Waals surface area contributed by atoms with E-state index in [0.29, 0.717) is 16.2 Å². The van der Waals surface area contributed by atoms with Gasteiger partial charge in [0.2, 0.25) is 0 Å². The van der Waals surface area contributed by atoms with Crippen LogP contribution in [0.1, 0.15) is 48.0 Å². The molecule has 0 saturated carbocycles. The summed E-state index contributed by atoms with van der Waals surface area (Å²) in [7, 11) is 0. The molecule has 70 valence electrons. The van der Waals surface area contributed by atoms with Crippen LogP contribution in [0.2, 0.25) is 0 Å². The van der Waals surface area contributed by atoms with Crippen molar-refractivity contribution in [2.24, 2.45) is 16.2 Å². The molecule has 0 saturated heterocycles. The lowest BCUT2D eigenvalue weighted by molar-refractivity contribution is 0.00250. The molecule has 12 heavy (non-hydrogen) atoms. The molecule has 0 aromatic rings. The average Bonchev–Trinajstić information content (AvgIpc) is 1.83. The molecule has 0 bridgehead atoms.